The number of amides is 2. The lowest BCUT2D eigenvalue weighted by Gasteiger charge is -2.39. The molecule has 8 nitrogen and oxygen atoms in total. The molecule has 3 atom stereocenters. The van der Waals surface area contributed by atoms with E-state index in [1.54, 1.807) is 7.11 Å². The van der Waals surface area contributed by atoms with Crippen molar-refractivity contribution in [2.24, 2.45) is 5.92 Å². The molecule has 4 rings (SSSR count). The number of hydrogen-bond acceptors (Lipinski definition) is 6. The third kappa shape index (κ3) is 5.19. The summed E-state index contributed by atoms with van der Waals surface area (Å²) < 4.78 is 29.0. The molecule has 0 spiro atoms. The van der Waals surface area contributed by atoms with E-state index in [0.29, 0.717) is 39.1 Å². The number of ether oxygens (including phenoxy) is 1. The molecule has 3 aliphatic heterocycles. The molecule has 0 aliphatic carbocycles. The fraction of sp³-hybridized carbons (Fsp3) is 0.667. The lowest BCUT2D eigenvalue weighted by molar-refractivity contribution is -0.138. The number of unbranched alkanes of at least 4 members (excludes halogenated alkanes) is 1. The molecule has 3 fully saturated rings. The number of methoxy groups -OCH3 is 1. The second kappa shape index (κ2) is 10.0. The summed E-state index contributed by atoms with van der Waals surface area (Å²) >= 11 is 0. The molecule has 182 valence electrons. The summed E-state index contributed by atoms with van der Waals surface area (Å²) in [7, 11) is -1.31. The van der Waals surface area contributed by atoms with Crippen LogP contribution in [0.1, 0.15) is 44.2 Å². The van der Waals surface area contributed by atoms with Crippen LogP contribution in [-0.2, 0) is 19.4 Å². The minimum atomic E-state index is -2.92. The molecular formula is C24H35N3O5S. The summed E-state index contributed by atoms with van der Waals surface area (Å²) in [6.45, 7) is 5.26. The van der Waals surface area contributed by atoms with Crippen LogP contribution in [0.5, 0.6) is 5.75 Å². The Labute approximate surface area is 196 Å². The standard InChI is InChI=1S/C24H35N3O5S/c1-3-4-10-27-22(28)16-21(23(27)18-5-7-20(32-2)8-6-18)24(29)26-13-11-25(12-14-26)19-9-15-33(30,31)17-19/h5-8,19,21,23H,3-4,9-17H2,1-2H3/t19-,21+,23+/m1/s1. The zero-order valence-electron chi connectivity index (χ0n) is 19.6. The van der Waals surface area contributed by atoms with Gasteiger partial charge >= 0.3 is 0 Å². The Bertz CT molecular complexity index is 957. The lowest BCUT2D eigenvalue weighted by Crippen LogP contribution is -2.53. The summed E-state index contributed by atoms with van der Waals surface area (Å²) in [4.78, 5) is 32.5. The Morgan fingerprint density at radius 2 is 1.82 bits per heavy atom. The van der Waals surface area contributed by atoms with E-state index in [4.69, 9.17) is 4.74 Å². The van der Waals surface area contributed by atoms with Crippen molar-refractivity contribution < 1.29 is 22.7 Å². The highest BCUT2D eigenvalue weighted by molar-refractivity contribution is 7.91. The van der Waals surface area contributed by atoms with Crippen molar-refractivity contribution >= 4 is 21.7 Å². The molecule has 0 bridgehead atoms. The first-order valence-corrected chi connectivity index (χ1v) is 13.8. The van der Waals surface area contributed by atoms with Gasteiger partial charge in [-0.2, -0.15) is 0 Å². The van der Waals surface area contributed by atoms with Crippen LogP contribution in [0, 0.1) is 5.92 Å². The van der Waals surface area contributed by atoms with Crippen molar-refractivity contribution in [3.8, 4) is 5.75 Å². The van der Waals surface area contributed by atoms with Crippen LogP contribution < -0.4 is 4.74 Å². The second-order valence-corrected chi connectivity index (χ2v) is 11.6. The zero-order chi connectivity index (χ0) is 23.6. The van der Waals surface area contributed by atoms with Gasteiger partial charge in [-0.25, -0.2) is 8.42 Å². The highest BCUT2D eigenvalue weighted by atomic mass is 32.2. The van der Waals surface area contributed by atoms with E-state index in [1.807, 2.05) is 34.1 Å². The van der Waals surface area contributed by atoms with Crippen LogP contribution in [-0.4, -0.2) is 92.3 Å². The second-order valence-electron chi connectivity index (χ2n) is 9.39. The summed E-state index contributed by atoms with van der Waals surface area (Å²) in [5.41, 5.74) is 0.964. The van der Waals surface area contributed by atoms with E-state index < -0.39 is 15.8 Å². The van der Waals surface area contributed by atoms with Crippen LogP contribution in [0.15, 0.2) is 24.3 Å². The molecule has 3 heterocycles. The minimum absolute atomic E-state index is 0.0295. The maximum absolute atomic E-state index is 13.6. The molecule has 1 aromatic carbocycles. The normalized spacial score (nSPS) is 27.8. The third-order valence-corrected chi connectivity index (χ3v) is 9.06. The quantitative estimate of drug-likeness (QED) is 0.594. The van der Waals surface area contributed by atoms with Crippen molar-refractivity contribution in [1.29, 1.82) is 0 Å². The summed E-state index contributed by atoms with van der Waals surface area (Å²) in [5, 5.41) is 0. The van der Waals surface area contributed by atoms with Crippen molar-refractivity contribution in [2.75, 3.05) is 51.3 Å². The lowest BCUT2D eigenvalue weighted by atomic mass is 9.91. The van der Waals surface area contributed by atoms with Gasteiger partial charge in [0.15, 0.2) is 9.84 Å². The molecule has 33 heavy (non-hydrogen) atoms. The van der Waals surface area contributed by atoms with Crippen LogP contribution in [0.25, 0.3) is 0 Å². The third-order valence-electron chi connectivity index (χ3n) is 7.31. The Kier molecular flexibility index (Phi) is 7.28. The van der Waals surface area contributed by atoms with Gasteiger partial charge in [0, 0.05) is 45.2 Å². The van der Waals surface area contributed by atoms with Crippen molar-refractivity contribution in [2.45, 2.75) is 44.7 Å². The topological polar surface area (TPSA) is 87.2 Å². The largest absolute Gasteiger partial charge is 0.497 e. The SMILES string of the molecule is CCCCN1C(=O)C[C@H](C(=O)N2CCN([C@@H]3CCS(=O)(=O)C3)CC2)[C@@H]1c1ccc(OC)cc1. The first-order valence-electron chi connectivity index (χ1n) is 12.0. The van der Waals surface area contributed by atoms with Gasteiger partial charge in [-0.05, 0) is 30.5 Å². The van der Waals surface area contributed by atoms with Gasteiger partial charge in [0.25, 0.3) is 0 Å². The zero-order valence-corrected chi connectivity index (χ0v) is 20.4. The van der Waals surface area contributed by atoms with Gasteiger partial charge in [0.1, 0.15) is 5.75 Å². The van der Waals surface area contributed by atoms with E-state index in [2.05, 4.69) is 11.8 Å². The first-order chi connectivity index (χ1) is 15.8. The fourth-order valence-corrected chi connectivity index (χ4v) is 7.18. The molecule has 0 unspecified atom stereocenters. The summed E-state index contributed by atoms with van der Waals surface area (Å²) in [5.74, 6) is 0.902. The Balaban J connectivity index is 1.47. The smallest absolute Gasteiger partial charge is 0.228 e. The average Bonchev–Trinajstić information content (AvgIpc) is 3.36. The molecule has 1 aromatic rings. The molecule has 0 radical (unpaired) electrons. The molecule has 0 aromatic heterocycles. The average molecular weight is 478 g/mol. The van der Waals surface area contributed by atoms with Gasteiger partial charge in [0.2, 0.25) is 11.8 Å². The summed E-state index contributed by atoms with van der Waals surface area (Å²) in [6.07, 6.45) is 2.80. The van der Waals surface area contributed by atoms with Crippen molar-refractivity contribution in [3.63, 3.8) is 0 Å². The molecule has 0 saturated carbocycles. The monoisotopic (exact) mass is 477 g/mol. The highest BCUT2D eigenvalue weighted by Crippen LogP contribution is 2.40. The van der Waals surface area contributed by atoms with Gasteiger partial charge in [-0.1, -0.05) is 25.5 Å². The highest BCUT2D eigenvalue weighted by Gasteiger charge is 2.46. The number of nitrogens with zero attached hydrogens (tertiary/aromatic N) is 3. The van der Waals surface area contributed by atoms with E-state index in [9.17, 15) is 18.0 Å². The predicted molar refractivity (Wildman–Crippen MR) is 126 cm³/mol. The number of hydrogen-bond donors (Lipinski definition) is 0. The molecule has 0 N–H and O–H groups in total. The van der Waals surface area contributed by atoms with Gasteiger partial charge in [0.05, 0.1) is 30.6 Å². The number of rotatable bonds is 7. The number of carbonyl (C=O) groups is 2. The van der Waals surface area contributed by atoms with Gasteiger partial charge < -0.3 is 14.5 Å². The molecule has 9 heteroatoms. The van der Waals surface area contributed by atoms with Gasteiger partial charge in [-0.3, -0.25) is 14.5 Å². The van der Waals surface area contributed by atoms with Crippen molar-refractivity contribution in [3.05, 3.63) is 29.8 Å². The first kappa shape index (κ1) is 24.0. The fourth-order valence-electron chi connectivity index (χ4n) is 5.42. The number of benzene rings is 1. The number of carbonyl (C=O) groups excluding carboxylic acids is 2. The van der Waals surface area contributed by atoms with Crippen molar-refractivity contribution in [1.82, 2.24) is 14.7 Å². The Hall–Kier alpha value is -2.13. The molecule has 3 saturated heterocycles. The maximum atomic E-state index is 13.6. The van der Waals surface area contributed by atoms with E-state index in [-0.39, 0.29) is 41.8 Å². The number of likely N-dealkylation sites (tertiary alicyclic amines) is 1. The van der Waals surface area contributed by atoms with E-state index in [0.717, 1.165) is 24.2 Å². The van der Waals surface area contributed by atoms with E-state index in [1.165, 1.54) is 0 Å². The van der Waals surface area contributed by atoms with E-state index >= 15 is 0 Å². The van der Waals surface area contributed by atoms with Crippen LogP contribution >= 0.6 is 0 Å². The summed E-state index contributed by atoms with van der Waals surface area (Å²) in [6, 6.07) is 7.48. The minimum Gasteiger partial charge on any atom is -0.497 e. The molecular weight excluding hydrogens is 442 g/mol. The molecule has 2 amide bonds. The Morgan fingerprint density at radius 1 is 1.12 bits per heavy atom. The predicted octanol–water partition coefficient (Wildman–Crippen LogP) is 1.72. The number of piperazine rings is 1. The van der Waals surface area contributed by atoms with Crippen LogP contribution in [0.2, 0.25) is 0 Å². The number of sulfone groups is 1. The van der Waals surface area contributed by atoms with Gasteiger partial charge in [-0.15, -0.1) is 0 Å². The molecule has 3 aliphatic rings. The maximum Gasteiger partial charge on any atom is 0.228 e. The van der Waals surface area contributed by atoms with Crippen LogP contribution in [0.4, 0.5) is 0 Å². The van der Waals surface area contributed by atoms with Crippen LogP contribution in [0.3, 0.4) is 0 Å². The Morgan fingerprint density at radius 3 is 2.39 bits per heavy atom.